The summed E-state index contributed by atoms with van der Waals surface area (Å²) in [5.41, 5.74) is 1.35. The standard InChI is InChI=1S/C10H8N2O2/c13-7-9-5-10(14-12-9)4-8-2-1-3-11-6-8/h1-3,5-7H,4H2. The first kappa shape index (κ1) is 8.62. The smallest absolute Gasteiger partial charge is 0.171 e. The van der Waals surface area contributed by atoms with E-state index in [0.717, 1.165) is 5.56 Å². The Bertz CT molecular complexity index is 423. The van der Waals surface area contributed by atoms with E-state index < -0.39 is 0 Å². The van der Waals surface area contributed by atoms with Crippen molar-refractivity contribution in [2.45, 2.75) is 6.42 Å². The van der Waals surface area contributed by atoms with E-state index in [2.05, 4.69) is 10.1 Å². The molecule has 0 spiro atoms. The fraction of sp³-hybridized carbons (Fsp3) is 0.100. The van der Waals surface area contributed by atoms with E-state index in [0.29, 0.717) is 24.2 Å². The molecular weight excluding hydrogens is 180 g/mol. The Morgan fingerprint density at radius 1 is 1.50 bits per heavy atom. The van der Waals surface area contributed by atoms with Gasteiger partial charge in [-0.2, -0.15) is 0 Å². The first-order chi connectivity index (χ1) is 6.88. The maximum absolute atomic E-state index is 10.3. The summed E-state index contributed by atoms with van der Waals surface area (Å²) in [6, 6.07) is 5.42. The molecule has 2 heterocycles. The highest BCUT2D eigenvalue weighted by molar-refractivity contribution is 5.71. The molecule has 2 aromatic rings. The molecule has 14 heavy (non-hydrogen) atoms. The van der Waals surface area contributed by atoms with Crippen LogP contribution in [0.25, 0.3) is 0 Å². The van der Waals surface area contributed by atoms with Crippen molar-refractivity contribution >= 4 is 6.29 Å². The Kier molecular flexibility index (Phi) is 2.36. The average Bonchev–Trinajstić information content (AvgIpc) is 2.67. The molecule has 0 aliphatic carbocycles. The lowest BCUT2D eigenvalue weighted by Crippen LogP contribution is -1.85. The molecular formula is C10H8N2O2. The van der Waals surface area contributed by atoms with E-state index in [1.165, 1.54) is 0 Å². The van der Waals surface area contributed by atoms with Crippen molar-refractivity contribution in [1.82, 2.24) is 10.1 Å². The van der Waals surface area contributed by atoms with Crippen LogP contribution in [0.3, 0.4) is 0 Å². The van der Waals surface area contributed by atoms with Crippen LogP contribution in [-0.4, -0.2) is 16.4 Å². The van der Waals surface area contributed by atoms with Crippen LogP contribution in [-0.2, 0) is 6.42 Å². The maximum Gasteiger partial charge on any atom is 0.171 e. The molecule has 0 saturated carbocycles. The normalized spacial score (nSPS) is 10.0. The summed E-state index contributed by atoms with van der Waals surface area (Å²) in [6.07, 6.45) is 4.73. The van der Waals surface area contributed by atoms with Crippen molar-refractivity contribution < 1.29 is 9.32 Å². The van der Waals surface area contributed by atoms with E-state index in [4.69, 9.17) is 4.52 Å². The third kappa shape index (κ3) is 1.85. The van der Waals surface area contributed by atoms with Gasteiger partial charge in [-0.25, -0.2) is 0 Å². The highest BCUT2D eigenvalue weighted by Gasteiger charge is 2.03. The van der Waals surface area contributed by atoms with Gasteiger partial charge in [0.05, 0.1) is 0 Å². The molecule has 2 rings (SSSR count). The fourth-order valence-corrected chi connectivity index (χ4v) is 1.17. The zero-order chi connectivity index (χ0) is 9.80. The van der Waals surface area contributed by atoms with Crippen molar-refractivity contribution in [2.75, 3.05) is 0 Å². The van der Waals surface area contributed by atoms with E-state index in [-0.39, 0.29) is 0 Å². The molecule has 0 atom stereocenters. The zero-order valence-corrected chi connectivity index (χ0v) is 7.38. The Hall–Kier alpha value is -1.97. The number of aldehydes is 1. The predicted molar refractivity (Wildman–Crippen MR) is 48.9 cm³/mol. The van der Waals surface area contributed by atoms with Gasteiger partial charge in [0.2, 0.25) is 0 Å². The quantitative estimate of drug-likeness (QED) is 0.684. The molecule has 0 fully saturated rings. The summed E-state index contributed by atoms with van der Waals surface area (Å²) in [6.45, 7) is 0. The van der Waals surface area contributed by atoms with Crippen LogP contribution >= 0.6 is 0 Å². The summed E-state index contributed by atoms with van der Waals surface area (Å²) >= 11 is 0. The number of nitrogens with zero attached hydrogens (tertiary/aromatic N) is 2. The summed E-state index contributed by atoms with van der Waals surface area (Å²) in [4.78, 5) is 14.3. The second kappa shape index (κ2) is 3.83. The number of pyridine rings is 1. The lowest BCUT2D eigenvalue weighted by Gasteiger charge is -1.93. The van der Waals surface area contributed by atoms with Crippen LogP contribution in [0, 0.1) is 0 Å². The third-order valence-electron chi connectivity index (χ3n) is 1.80. The van der Waals surface area contributed by atoms with E-state index in [1.54, 1.807) is 18.5 Å². The summed E-state index contributed by atoms with van der Waals surface area (Å²) in [5, 5.41) is 3.57. The Labute approximate surface area is 80.6 Å². The second-order valence-electron chi connectivity index (χ2n) is 2.87. The second-order valence-corrected chi connectivity index (χ2v) is 2.87. The van der Waals surface area contributed by atoms with E-state index in [1.807, 2.05) is 12.1 Å². The van der Waals surface area contributed by atoms with Crippen molar-refractivity contribution in [2.24, 2.45) is 0 Å². The first-order valence-electron chi connectivity index (χ1n) is 4.18. The number of aromatic nitrogens is 2. The van der Waals surface area contributed by atoms with Gasteiger partial charge in [0.15, 0.2) is 6.29 Å². The minimum Gasteiger partial charge on any atom is -0.360 e. The number of hydrogen-bond donors (Lipinski definition) is 0. The summed E-state index contributed by atoms with van der Waals surface area (Å²) in [5.74, 6) is 0.667. The Balaban J connectivity index is 2.15. The molecule has 0 N–H and O–H groups in total. The lowest BCUT2D eigenvalue weighted by atomic mass is 10.2. The largest absolute Gasteiger partial charge is 0.360 e. The number of hydrogen-bond acceptors (Lipinski definition) is 4. The SMILES string of the molecule is O=Cc1cc(Cc2cccnc2)on1. The van der Waals surface area contributed by atoms with Crippen LogP contribution in [0.1, 0.15) is 21.8 Å². The summed E-state index contributed by atoms with van der Waals surface area (Å²) in [7, 11) is 0. The molecule has 0 aromatic carbocycles. The molecule has 0 radical (unpaired) electrons. The topological polar surface area (TPSA) is 56.0 Å². The van der Waals surface area contributed by atoms with Crippen molar-refractivity contribution in [1.29, 1.82) is 0 Å². The number of rotatable bonds is 3. The molecule has 0 amide bonds. The van der Waals surface area contributed by atoms with Gasteiger partial charge in [0.1, 0.15) is 11.5 Å². The van der Waals surface area contributed by atoms with Gasteiger partial charge >= 0.3 is 0 Å². The number of carbonyl (C=O) groups excluding carboxylic acids is 1. The van der Waals surface area contributed by atoms with Gasteiger partial charge in [0, 0.05) is 24.9 Å². The zero-order valence-electron chi connectivity index (χ0n) is 7.38. The van der Waals surface area contributed by atoms with E-state index in [9.17, 15) is 4.79 Å². The summed E-state index contributed by atoms with van der Waals surface area (Å²) < 4.78 is 4.95. The highest BCUT2D eigenvalue weighted by Crippen LogP contribution is 2.08. The highest BCUT2D eigenvalue weighted by atomic mass is 16.5. The minimum absolute atomic E-state index is 0.323. The van der Waals surface area contributed by atoms with Crippen molar-refractivity contribution in [3.63, 3.8) is 0 Å². The number of carbonyl (C=O) groups is 1. The van der Waals surface area contributed by atoms with Crippen LogP contribution < -0.4 is 0 Å². The van der Waals surface area contributed by atoms with Gasteiger partial charge < -0.3 is 4.52 Å². The molecule has 0 aliphatic rings. The molecule has 0 aliphatic heterocycles. The molecule has 4 heteroatoms. The monoisotopic (exact) mass is 188 g/mol. The third-order valence-corrected chi connectivity index (χ3v) is 1.80. The predicted octanol–water partition coefficient (Wildman–Crippen LogP) is 1.47. The molecule has 70 valence electrons. The van der Waals surface area contributed by atoms with Crippen LogP contribution in [0.4, 0.5) is 0 Å². The van der Waals surface area contributed by atoms with E-state index >= 15 is 0 Å². The fourth-order valence-electron chi connectivity index (χ4n) is 1.17. The average molecular weight is 188 g/mol. The van der Waals surface area contributed by atoms with Crippen LogP contribution in [0.2, 0.25) is 0 Å². The molecule has 0 bridgehead atoms. The maximum atomic E-state index is 10.3. The Morgan fingerprint density at radius 2 is 2.43 bits per heavy atom. The van der Waals surface area contributed by atoms with Gasteiger partial charge in [-0.1, -0.05) is 11.2 Å². The minimum atomic E-state index is 0.323. The van der Waals surface area contributed by atoms with Gasteiger partial charge in [-0.15, -0.1) is 0 Å². The van der Waals surface area contributed by atoms with Gasteiger partial charge in [-0.3, -0.25) is 9.78 Å². The van der Waals surface area contributed by atoms with Crippen molar-refractivity contribution in [3.8, 4) is 0 Å². The Morgan fingerprint density at radius 3 is 3.07 bits per heavy atom. The van der Waals surface area contributed by atoms with Crippen LogP contribution in [0.15, 0.2) is 35.1 Å². The van der Waals surface area contributed by atoms with Crippen LogP contribution in [0.5, 0.6) is 0 Å². The first-order valence-corrected chi connectivity index (χ1v) is 4.18. The molecule has 0 unspecified atom stereocenters. The van der Waals surface area contributed by atoms with Gasteiger partial charge in [0.25, 0.3) is 0 Å². The molecule has 2 aromatic heterocycles. The van der Waals surface area contributed by atoms with Gasteiger partial charge in [-0.05, 0) is 11.6 Å². The van der Waals surface area contributed by atoms with Crippen molar-refractivity contribution in [3.05, 3.63) is 47.6 Å². The lowest BCUT2D eigenvalue weighted by molar-refractivity contribution is 0.111. The molecule has 0 saturated heterocycles. The molecule has 4 nitrogen and oxygen atoms in total.